The van der Waals surface area contributed by atoms with Gasteiger partial charge in [-0.3, -0.25) is 19.1 Å². The third-order valence-corrected chi connectivity index (χ3v) is 7.66. The molecule has 190 valence electrons. The number of hydrogen-bond donors (Lipinski definition) is 2. The number of hydrogen-bond acceptors (Lipinski definition) is 7. The molecule has 4 rings (SSSR count). The Hall–Kier alpha value is -2.99. The summed E-state index contributed by atoms with van der Waals surface area (Å²) >= 11 is 6.29. The van der Waals surface area contributed by atoms with Crippen molar-refractivity contribution in [1.82, 2.24) is 15.1 Å². The molecule has 1 aromatic heterocycles. The minimum Gasteiger partial charge on any atom is -0.484 e. The van der Waals surface area contributed by atoms with E-state index in [0.29, 0.717) is 24.3 Å². The minimum atomic E-state index is -4.15. The molecule has 0 fully saturated rings. The number of benzene rings is 1. The van der Waals surface area contributed by atoms with Crippen molar-refractivity contribution in [2.75, 3.05) is 22.7 Å². The minimum absolute atomic E-state index is 0.0340. The van der Waals surface area contributed by atoms with Crippen LogP contribution in [0.25, 0.3) is 0 Å². The highest BCUT2D eigenvalue weighted by atomic mass is 35.5. The van der Waals surface area contributed by atoms with Crippen LogP contribution in [0.4, 0.5) is 16.2 Å². The van der Waals surface area contributed by atoms with Gasteiger partial charge in [-0.15, -0.1) is 0 Å². The van der Waals surface area contributed by atoms with Crippen molar-refractivity contribution in [3.05, 3.63) is 29.0 Å². The lowest BCUT2D eigenvalue weighted by Crippen LogP contribution is -2.48. The van der Waals surface area contributed by atoms with Crippen molar-refractivity contribution in [3.8, 4) is 5.75 Å². The van der Waals surface area contributed by atoms with Crippen molar-refractivity contribution in [3.63, 3.8) is 0 Å². The van der Waals surface area contributed by atoms with E-state index in [1.165, 1.54) is 17.3 Å². The number of sulfonamides is 1. The molecule has 2 N–H and O–H groups in total. The third kappa shape index (κ3) is 5.32. The summed E-state index contributed by atoms with van der Waals surface area (Å²) in [5.41, 5.74) is 0.414. The van der Waals surface area contributed by atoms with Gasteiger partial charge in [0.15, 0.2) is 5.15 Å². The van der Waals surface area contributed by atoms with Crippen LogP contribution in [0.1, 0.15) is 39.8 Å². The van der Waals surface area contributed by atoms with Crippen LogP contribution in [-0.4, -0.2) is 55.0 Å². The molecule has 0 saturated heterocycles. The second-order valence-corrected chi connectivity index (χ2v) is 11.6. The van der Waals surface area contributed by atoms with Gasteiger partial charge in [-0.05, 0) is 51.8 Å². The van der Waals surface area contributed by atoms with E-state index in [1.807, 2.05) is 0 Å². The Bertz CT molecular complexity index is 1270. The molecule has 0 bridgehead atoms. The fourth-order valence-electron chi connectivity index (χ4n) is 4.04. The Labute approximate surface area is 208 Å². The fraction of sp³-hybridized carbons (Fsp3) is 0.500. The van der Waals surface area contributed by atoms with Crippen LogP contribution < -0.4 is 19.7 Å². The lowest BCUT2D eigenvalue weighted by Gasteiger charge is -2.35. The van der Waals surface area contributed by atoms with E-state index >= 15 is 0 Å². The first kappa shape index (κ1) is 25.1. The third-order valence-electron chi connectivity index (χ3n) is 5.42. The number of aryl methyl sites for hydroxylation is 1. The molecule has 2 aliphatic heterocycles. The maximum atomic E-state index is 13.9. The van der Waals surface area contributed by atoms with Gasteiger partial charge in [-0.2, -0.15) is 5.10 Å². The van der Waals surface area contributed by atoms with Gasteiger partial charge < -0.3 is 14.8 Å². The van der Waals surface area contributed by atoms with E-state index in [2.05, 4.69) is 15.7 Å². The van der Waals surface area contributed by atoms with E-state index in [1.54, 1.807) is 37.6 Å². The molecule has 0 radical (unpaired) electrons. The topological polar surface area (TPSA) is 132 Å². The number of anilines is 2. The highest BCUT2D eigenvalue weighted by Crippen LogP contribution is 2.41. The molecule has 0 saturated carbocycles. The van der Waals surface area contributed by atoms with E-state index in [4.69, 9.17) is 21.1 Å². The van der Waals surface area contributed by atoms with Crippen LogP contribution in [0.15, 0.2) is 23.1 Å². The largest absolute Gasteiger partial charge is 0.484 e. The average Bonchev–Trinajstić information content (AvgIpc) is 3.30. The summed E-state index contributed by atoms with van der Waals surface area (Å²) in [5.74, 6) is 0.0214. The zero-order valence-corrected chi connectivity index (χ0v) is 21.5. The first-order valence-corrected chi connectivity index (χ1v) is 13.0. The summed E-state index contributed by atoms with van der Waals surface area (Å²) in [6.07, 6.45) is -0.00409. The number of halogens is 1. The van der Waals surface area contributed by atoms with Gasteiger partial charge in [0, 0.05) is 19.2 Å². The van der Waals surface area contributed by atoms with Crippen molar-refractivity contribution >= 4 is 45.0 Å². The van der Waals surface area contributed by atoms with Gasteiger partial charge in [0.05, 0.1) is 24.5 Å². The van der Waals surface area contributed by atoms with Crippen LogP contribution in [-0.2, 0) is 32.5 Å². The molecule has 1 atom stereocenters. The standard InChI is InChI=1S/C22H28ClN5O6S/c1-13(29)24-11-15-12-28(35(31,32)19-16-6-5-9-27(16)26-20(19)23)17-10-14(7-8-18(17)33-15)25-21(30)34-22(2,3)4/h7-8,10,15H,5-6,9,11-12H2,1-4H3,(H,24,29)(H,25,30). The molecule has 0 aliphatic carbocycles. The highest BCUT2D eigenvalue weighted by molar-refractivity contribution is 7.93. The van der Waals surface area contributed by atoms with Gasteiger partial charge in [-0.25, -0.2) is 13.2 Å². The van der Waals surface area contributed by atoms with Crippen LogP contribution in [0.3, 0.4) is 0 Å². The average molecular weight is 526 g/mol. The fourth-order valence-corrected chi connectivity index (χ4v) is 6.28. The first-order chi connectivity index (χ1) is 16.3. The monoisotopic (exact) mass is 525 g/mol. The maximum Gasteiger partial charge on any atom is 0.412 e. The Morgan fingerprint density at radius 1 is 1.31 bits per heavy atom. The first-order valence-electron chi connectivity index (χ1n) is 11.2. The zero-order chi connectivity index (χ0) is 25.5. The second kappa shape index (κ2) is 9.23. The Balaban J connectivity index is 1.73. The summed E-state index contributed by atoms with van der Waals surface area (Å²) in [6.45, 7) is 7.22. The van der Waals surface area contributed by atoms with Crippen molar-refractivity contribution in [2.24, 2.45) is 0 Å². The Morgan fingerprint density at radius 2 is 2.06 bits per heavy atom. The molecule has 1 aromatic carbocycles. The van der Waals surface area contributed by atoms with Gasteiger partial charge in [0.2, 0.25) is 5.91 Å². The number of carbonyl (C=O) groups excluding carboxylic acids is 2. The molecule has 2 amide bonds. The molecule has 0 spiro atoms. The maximum absolute atomic E-state index is 13.9. The number of fused-ring (bicyclic) bond motifs is 2. The lowest BCUT2D eigenvalue weighted by atomic mass is 10.2. The highest BCUT2D eigenvalue weighted by Gasteiger charge is 2.40. The SMILES string of the molecule is CC(=O)NCC1CN(S(=O)(=O)c2c(Cl)nn3c2CCC3)c2cc(NC(=O)OC(C)(C)C)ccc2O1. The number of aromatic nitrogens is 2. The van der Waals surface area contributed by atoms with Crippen molar-refractivity contribution in [1.29, 1.82) is 0 Å². The number of carbonyl (C=O) groups is 2. The van der Waals surface area contributed by atoms with E-state index in [0.717, 1.165) is 6.42 Å². The smallest absolute Gasteiger partial charge is 0.412 e. The molecule has 3 heterocycles. The number of amides is 2. The Morgan fingerprint density at radius 3 is 2.74 bits per heavy atom. The summed E-state index contributed by atoms with van der Waals surface area (Å²) in [5, 5.41) is 9.39. The van der Waals surface area contributed by atoms with E-state index < -0.39 is 27.8 Å². The number of ether oxygens (including phenoxy) is 2. The summed E-state index contributed by atoms with van der Waals surface area (Å²) in [4.78, 5) is 23.7. The predicted molar refractivity (Wildman–Crippen MR) is 129 cm³/mol. The van der Waals surface area contributed by atoms with Crippen LogP contribution in [0.2, 0.25) is 5.15 Å². The van der Waals surface area contributed by atoms with Gasteiger partial charge in [0.25, 0.3) is 10.0 Å². The molecular formula is C22H28ClN5O6S. The van der Waals surface area contributed by atoms with Crippen LogP contribution in [0.5, 0.6) is 5.75 Å². The lowest BCUT2D eigenvalue weighted by molar-refractivity contribution is -0.119. The molecule has 1 unspecified atom stereocenters. The molecule has 35 heavy (non-hydrogen) atoms. The zero-order valence-electron chi connectivity index (χ0n) is 19.9. The molecule has 13 heteroatoms. The molecule has 2 aliphatic rings. The quantitative estimate of drug-likeness (QED) is 0.613. The normalized spacial score (nSPS) is 17.3. The number of rotatable bonds is 5. The summed E-state index contributed by atoms with van der Waals surface area (Å²) in [7, 11) is -4.15. The van der Waals surface area contributed by atoms with E-state index in [-0.39, 0.29) is 40.5 Å². The molecular weight excluding hydrogens is 498 g/mol. The Kier molecular flexibility index (Phi) is 6.62. The number of nitrogens with one attached hydrogen (secondary N) is 2. The summed E-state index contributed by atoms with van der Waals surface area (Å²) in [6, 6.07) is 4.65. The van der Waals surface area contributed by atoms with Crippen molar-refractivity contribution in [2.45, 2.75) is 63.7 Å². The second-order valence-electron chi connectivity index (χ2n) is 9.42. The number of nitrogens with zero attached hydrogens (tertiary/aromatic N) is 3. The predicted octanol–water partition coefficient (Wildman–Crippen LogP) is 2.92. The van der Waals surface area contributed by atoms with Crippen LogP contribution >= 0.6 is 11.6 Å². The molecule has 2 aromatic rings. The molecule has 11 nitrogen and oxygen atoms in total. The van der Waals surface area contributed by atoms with Gasteiger partial charge in [-0.1, -0.05) is 11.6 Å². The van der Waals surface area contributed by atoms with Gasteiger partial charge in [0.1, 0.15) is 22.4 Å². The van der Waals surface area contributed by atoms with E-state index in [9.17, 15) is 18.0 Å². The van der Waals surface area contributed by atoms with Crippen LogP contribution in [0, 0.1) is 0 Å². The summed E-state index contributed by atoms with van der Waals surface area (Å²) < 4.78 is 41.9. The van der Waals surface area contributed by atoms with Gasteiger partial charge >= 0.3 is 6.09 Å². The van der Waals surface area contributed by atoms with Crippen molar-refractivity contribution < 1.29 is 27.5 Å².